The van der Waals surface area contributed by atoms with Crippen molar-refractivity contribution in [1.29, 1.82) is 0 Å². The highest BCUT2D eigenvalue weighted by molar-refractivity contribution is 7.92. The third-order valence-corrected chi connectivity index (χ3v) is 4.59. The molecule has 3 aromatic rings. The van der Waals surface area contributed by atoms with Gasteiger partial charge < -0.3 is 9.73 Å². The van der Waals surface area contributed by atoms with Gasteiger partial charge in [-0.2, -0.15) is 0 Å². The summed E-state index contributed by atoms with van der Waals surface area (Å²) < 4.78 is 32.9. The van der Waals surface area contributed by atoms with E-state index in [1.54, 1.807) is 31.2 Å². The number of sulfonamides is 1. The number of hydrogen-bond acceptors (Lipinski definition) is 5. The number of carbonyl (C=O) groups is 1. The summed E-state index contributed by atoms with van der Waals surface area (Å²) in [6.07, 6.45) is 0. The van der Waals surface area contributed by atoms with Crippen molar-refractivity contribution in [2.75, 3.05) is 10.0 Å². The van der Waals surface area contributed by atoms with Gasteiger partial charge in [-0.05, 0) is 30.3 Å². The van der Waals surface area contributed by atoms with Crippen LogP contribution in [0.1, 0.15) is 12.8 Å². The summed E-state index contributed by atoms with van der Waals surface area (Å²) in [4.78, 5) is 15.3. The van der Waals surface area contributed by atoms with Gasteiger partial charge in [0.1, 0.15) is 5.52 Å². The van der Waals surface area contributed by atoms with Crippen LogP contribution in [0.3, 0.4) is 0 Å². The summed E-state index contributed by atoms with van der Waals surface area (Å²) in [7, 11) is -3.79. The van der Waals surface area contributed by atoms with Gasteiger partial charge in [-0.25, -0.2) is 13.4 Å². The predicted molar refractivity (Wildman–Crippen MR) is 90.3 cm³/mol. The van der Waals surface area contributed by atoms with E-state index < -0.39 is 10.0 Å². The number of fused-ring (bicyclic) bond motifs is 1. The number of nitrogens with zero attached hydrogens (tertiary/aromatic N) is 1. The summed E-state index contributed by atoms with van der Waals surface area (Å²) in [6, 6.07) is 10.9. The number of oxazole rings is 1. The van der Waals surface area contributed by atoms with Crippen LogP contribution in [0.5, 0.6) is 0 Å². The number of nitrogens with one attached hydrogen (secondary N) is 2. The zero-order chi connectivity index (χ0) is 17.3. The molecule has 0 unspecified atom stereocenters. The molecule has 0 aliphatic carbocycles. The van der Waals surface area contributed by atoms with Gasteiger partial charge in [0.2, 0.25) is 5.91 Å². The number of carbonyl (C=O) groups excluding carboxylic acids is 1. The smallest absolute Gasteiger partial charge is 0.262 e. The van der Waals surface area contributed by atoms with Crippen LogP contribution >= 0.6 is 0 Å². The molecule has 0 saturated heterocycles. The van der Waals surface area contributed by atoms with Gasteiger partial charge in [0.05, 0.1) is 10.6 Å². The highest BCUT2D eigenvalue weighted by Gasteiger charge is 2.16. The van der Waals surface area contributed by atoms with Crippen LogP contribution in [0.15, 0.2) is 51.8 Å². The summed E-state index contributed by atoms with van der Waals surface area (Å²) in [6.45, 7) is 3.07. The zero-order valence-corrected chi connectivity index (χ0v) is 13.8. The first-order chi connectivity index (χ1) is 11.3. The Labute approximate surface area is 138 Å². The molecular weight excluding hydrogens is 330 g/mol. The molecule has 2 N–H and O–H groups in total. The minimum Gasteiger partial charge on any atom is -0.441 e. The maximum Gasteiger partial charge on any atom is 0.262 e. The fourth-order valence-electron chi connectivity index (χ4n) is 2.27. The lowest BCUT2D eigenvalue weighted by Gasteiger charge is -2.09. The fraction of sp³-hybridized carbons (Fsp3) is 0.125. The first-order valence-corrected chi connectivity index (χ1v) is 8.59. The Bertz CT molecular complexity index is 1020. The minimum atomic E-state index is -3.79. The topological polar surface area (TPSA) is 101 Å². The SMILES string of the molecule is CC(=O)Nc1cccc(NS(=O)(=O)c2ccc3nc(C)oc3c2)c1. The van der Waals surface area contributed by atoms with Crippen molar-refractivity contribution < 1.29 is 17.6 Å². The van der Waals surface area contributed by atoms with Crippen LogP contribution in [0, 0.1) is 6.92 Å². The molecule has 0 atom stereocenters. The van der Waals surface area contributed by atoms with Crippen molar-refractivity contribution in [3.63, 3.8) is 0 Å². The molecule has 7 nitrogen and oxygen atoms in total. The summed E-state index contributed by atoms with van der Waals surface area (Å²) in [5.74, 6) is 0.233. The third kappa shape index (κ3) is 3.38. The number of aromatic nitrogens is 1. The summed E-state index contributed by atoms with van der Waals surface area (Å²) in [5.41, 5.74) is 1.85. The average molecular weight is 345 g/mol. The molecule has 0 radical (unpaired) electrons. The molecule has 0 aliphatic rings. The van der Waals surface area contributed by atoms with Crippen LogP contribution in [0.2, 0.25) is 0 Å². The lowest BCUT2D eigenvalue weighted by atomic mass is 10.3. The quantitative estimate of drug-likeness (QED) is 0.757. The largest absolute Gasteiger partial charge is 0.441 e. The van der Waals surface area contributed by atoms with Gasteiger partial charge in [0.25, 0.3) is 10.0 Å². The predicted octanol–water partition coefficient (Wildman–Crippen LogP) is 2.90. The number of hydrogen-bond donors (Lipinski definition) is 2. The second-order valence-electron chi connectivity index (χ2n) is 5.23. The van der Waals surface area contributed by atoms with Crippen LogP contribution in [-0.2, 0) is 14.8 Å². The van der Waals surface area contributed by atoms with Crippen molar-refractivity contribution in [3.8, 4) is 0 Å². The maximum absolute atomic E-state index is 12.5. The molecule has 1 aromatic heterocycles. The van der Waals surface area contributed by atoms with E-state index in [4.69, 9.17) is 4.42 Å². The number of rotatable bonds is 4. The molecule has 1 amide bonds. The number of benzene rings is 2. The molecule has 0 fully saturated rings. The Morgan fingerprint density at radius 2 is 1.88 bits per heavy atom. The molecule has 24 heavy (non-hydrogen) atoms. The zero-order valence-electron chi connectivity index (χ0n) is 13.0. The Morgan fingerprint density at radius 1 is 1.12 bits per heavy atom. The van der Waals surface area contributed by atoms with Crippen molar-refractivity contribution >= 4 is 38.4 Å². The molecule has 0 bridgehead atoms. The molecule has 1 heterocycles. The van der Waals surface area contributed by atoms with E-state index >= 15 is 0 Å². The van der Waals surface area contributed by atoms with Crippen molar-refractivity contribution in [2.45, 2.75) is 18.7 Å². The van der Waals surface area contributed by atoms with E-state index in [1.807, 2.05) is 0 Å². The van der Waals surface area contributed by atoms with Crippen molar-refractivity contribution in [3.05, 3.63) is 48.4 Å². The van der Waals surface area contributed by atoms with Gasteiger partial charge in [-0.15, -0.1) is 0 Å². The lowest BCUT2D eigenvalue weighted by Crippen LogP contribution is -2.13. The molecule has 0 spiro atoms. The molecule has 124 valence electrons. The lowest BCUT2D eigenvalue weighted by molar-refractivity contribution is -0.114. The maximum atomic E-state index is 12.5. The van der Waals surface area contributed by atoms with Gasteiger partial charge >= 0.3 is 0 Å². The third-order valence-electron chi connectivity index (χ3n) is 3.21. The second kappa shape index (κ2) is 5.97. The van der Waals surface area contributed by atoms with Gasteiger partial charge in [0.15, 0.2) is 11.5 Å². The Hall–Kier alpha value is -2.87. The summed E-state index contributed by atoms with van der Waals surface area (Å²) in [5, 5.41) is 2.60. The second-order valence-corrected chi connectivity index (χ2v) is 6.91. The Morgan fingerprint density at radius 3 is 2.62 bits per heavy atom. The van der Waals surface area contributed by atoms with E-state index in [2.05, 4.69) is 15.0 Å². The van der Waals surface area contributed by atoms with Crippen LogP contribution < -0.4 is 10.0 Å². The minimum absolute atomic E-state index is 0.0658. The normalized spacial score (nSPS) is 11.4. The highest BCUT2D eigenvalue weighted by atomic mass is 32.2. The van der Waals surface area contributed by atoms with Crippen molar-refractivity contribution in [1.82, 2.24) is 4.98 Å². The van der Waals surface area contributed by atoms with E-state index in [0.29, 0.717) is 28.4 Å². The Kier molecular flexibility index (Phi) is 3.98. The first-order valence-electron chi connectivity index (χ1n) is 7.11. The van der Waals surface area contributed by atoms with Crippen LogP contribution in [0.4, 0.5) is 11.4 Å². The van der Waals surface area contributed by atoms with E-state index in [0.717, 1.165) is 0 Å². The average Bonchev–Trinajstić information content (AvgIpc) is 2.85. The van der Waals surface area contributed by atoms with Gasteiger partial charge in [-0.3, -0.25) is 9.52 Å². The number of aryl methyl sites for hydroxylation is 1. The standard InChI is InChI=1S/C16H15N3O4S/c1-10(20)17-12-4-3-5-13(8-12)19-24(21,22)14-6-7-15-16(9-14)23-11(2)18-15/h3-9,19H,1-2H3,(H,17,20). The van der Waals surface area contributed by atoms with E-state index in [-0.39, 0.29) is 10.8 Å². The number of anilines is 2. The van der Waals surface area contributed by atoms with Crippen molar-refractivity contribution in [2.24, 2.45) is 0 Å². The van der Waals surface area contributed by atoms with E-state index in [9.17, 15) is 13.2 Å². The summed E-state index contributed by atoms with van der Waals surface area (Å²) >= 11 is 0. The number of amides is 1. The highest BCUT2D eigenvalue weighted by Crippen LogP contribution is 2.23. The van der Waals surface area contributed by atoms with Gasteiger partial charge in [-0.1, -0.05) is 6.07 Å². The molecule has 3 rings (SSSR count). The monoisotopic (exact) mass is 345 g/mol. The molecular formula is C16H15N3O4S. The first kappa shape index (κ1) is 16.0. The Balaban J connectivity index is 1.90. The van der Waals surface area contributed by atoms with E-state index in [1.165, 1.54) is 25.1 Å². The molecule has 8 heteroatoms. The fourth-order valence-corrected chi connectivity index (χ4v) is 3.33. The molecule has 2 aromatic carbocycles. The molecule has 0 aliphatic heterocycles. The molecule has 0 saturated carbocycles. The van der Waals surface area contributed by atoms with Crippen LogP contribution in [0.25, 0.3) is 11.1 Å². The van der Waals surface area contributed by atoms with Crippen LogP contribution in [-0.4, -0.2) is 19.3 Å². The van der Waals surface area contributed by atoms with Gasteiger partial charge in [0, 0.05) is 25.6 Å².